The normalized spacial score (nSPS) is 10.2. The summed E-state index contributed by atoms with van der Waals surface area (Å²) in [4.78, 5) is 28.8. The van der Waals surface area contributed by atoms with Gasteiger partial charge in [0.25, 0.3) is 5.91 Å². The lowest BCUT2D eigenvalue weighted by molar-refractivity contribution is 0.0690. The van der Waals surface area contributed by atoms with Crippen LogP contribution >= 0.6 is 23.2 Å². The number of carboxylic acids is 1. The molecule has 2 aromatic heterocycles. The highest BCUT2D eigenvalue weighted by molar-refractivity contribution is 6.41. The number of pyridine rings is 1. The minimum Gasteiger partial charge on any atom is -0.477 e. The van der Waals surface area contributed by atoms with Gasteiger partial charge in [-0.25, -0.2) is 9.78 Å². The number of aromatic amines is 1. The molecule has 0 aliphatic rings. The number of H-pyrrole nitrogens is 1. The molecule has 1 amide bonds. The number of hydrogen-bond acceptors (Lipinski definition) is 3. The second kappa shape index (κ2) is 5.29. The lowest BCUT2D eigenvalue weighted by Gasteiger charge is -2.03. The molecule has 2 rings (SSSR count). The van der Waals surface area contributed by atoms with Gasteiger partial charge < -0.3 is 15.4 Å². The van der Waals surface area contributed by atoms with Crippen molar-refractivity contribution in [1.29, 1.82) is 0 Å². The highest BCUT2D eigenvalue weighted by atomic mass is 35.5. The summed E-state index contributed by atoms with van der Waals surface area (Å²) in [6.45, 7) is 0. The Bertz CT molecular complexity index is 635. The lowest BCUT2D eigenvalue weighted by atomic mass is 10.3. The Morgan fingerprint density at radius 1 is 1.32 bits per heavy atom. The third-order valence-corrected chi connectivity index (χ3v) is 2.90. The third-order valence-electron chi connectivity index (χ3n) is 2.21. The Hall–Kier alpha value is -2.05. The van der Waals surface area contributed by atoms with Gasteiger partial charge in [-0.15, -0.1) is 0 Å². The van der Waals surface area contributed by atoms with Crippen molar-refractivity contribution in [2.24, 2.45) is 0 Å². The van der Waals surface area contributed by atoms with Crippen molar-refractivity contribution >= 4 is 40.8 Å². The van der Waals surface area contributed by atoms with E-state index in [0.717, 1.165) is 0 Å². The summed E-state index contributed by atoms with van der Waals surface area (Å²) in [6.07, 6.45) is 1.29. The maximum atomic E-state index is 11.8. The van der Waals surface area contributed by atoms with Gasteiger partial charge in [-0.05, 0) is 18.2 Å². The highest BCUT2D eigenvalue weighted by Crippen LogP contribution is 2.22. The van der Waals surface area contributed by atoms with E-state index in [9.17, 15) is 9.59 Å². The van der Waals surface area contributed by atoms with E-state index in [1.54, 1.807) is 0 Å². The topological polar surface area (TPSA) is 95.1 Å². The molecule has 0 aliphatic carbocycles. The zero-order valence-electron chi connectivity index (χ0n) is 9.28. The fraction of sp³-hybridized carbons (Fsp3) is 0. The van der Waals surface area contributed by atoms with E-state index >= 15 is 0 Å². The molecule has 0 aliphatic heterocycles. The molecule has 0 spiro atoms. The van der Waals surface area contributed by atoms with Crippen molar-refractivity contribution in [3.05, 3.63) is 46.0 Å². The second-order valence-electron chi connectivity index (χ2n) is 3.53. The first-order chi connectivity index (χ1) is 8.97. The van der Waals surface area contributed by atoms with E-state index in [1.165, 1.54) is 24.4 Å². The quantitative estimate of drug-likeness (QED) is 0.812. The van der Waals surface area contributed by atoms with E-state index < -0.39 is 11.9 Å². The molecule has 0 bridgehead atoms. The minimum absolute atomic E-state index is 0.160. The van der Waals surface area contributed by atoms with E-state index in [0.29, 0.717) is 5.69 Å². The largest absolute Gasteiger partial charge is 0.477 e. The van der Waals surface area contributed by atoms with E-state index in [2.05, 4.69) is 15.3 Å². The van der Waals surface area contributed by atoms with Crippen LogP contribution in [0.3, 0.4) is 0 Å². The van der Waals surface area contributed by atoms with Gasteiger partial charge in [0, 0.05) is 11.9 Å². The molecule has 0 fully saturated rings. The SMILES string of the molecule is O=C(O)c1cc(NC(=O)c2cc(Cl)c(Cl)[nH]2)ccn1. The monoisotopic (exact) mass is 299 g/mol. The van der Waals surface area contributed by atoms with Crippen LogP contribution in [0.15, 0.2) is 24.4 Å². The van der Waals surface area contributed by atoms with Gasteiger partial charge in [-0.2, -0.15) is 0 Å². The molecule has 3 N–H and O–H groups in total. The first kappa shape index (κ1) is 13.4. The number of nitrogens with zero attached hydrogens (tertiary/aromatic N) is 1. The predicted octanol–water partition coefficient (Wildman–Crippen LogP) is 2.67. The summed E-state index contributed by atoms with van der Waals surface area (Å²) in [5.74, 6) is -1.67. The van der Waals surface area contributed by atoms with Crippen molar-refractivity contribution in [2.75, 3.05) is 5.32 Å². The number of anilines is 1. The molecule has 0 radical (unpaired) electrons. The number of aromatic nitrogens is 2. The number of aromatic carboxylic acids is 1. The molecule has 6 nitrogen and oxygen atoms in total. The fourth-order valence-electron chi connectivity index (χ4n) is 1.35. The van der Waals surface area contributed by atoms with Crippen LogP contribution in [0.2, 0.25) is 10.2 Å². The van der Waals surface area contributed by atoms with Crippen molar-refractivity contribution in [3.8, 4) is 0 Å². The Morgan fingerprint density at radius 2 is 2.05 bits per heavy atom. The molecular weight excluding hydrogens is 293 g/mol. The van der Waals surface area contributed by atoms with Gasteiger partial charge in [-0.3, -0.25) is 4.79 Å². The van der Waals surface area contributed by atoms with Crippen LogP contribution < -0.4 is 5.32 Å². The maximum Gasteiger partial charge on any atom is 0.354 e. The average Bonchev–Trinajstić information content (AvgIpc) is 2.70. The molecule has 0 unspecified atom stereocenters. The summed E-state index contributed by atoms with van der Waals surface area (Å²) in [5.41, 5.74) is 0.309. The number of carbonyl (C=O) groups is 2. The number of halogens is 2. The number of nitrogens with one attached hydrogen (secondary N) is 2. The van der Waals surface area contributed by atoms with Gasteiger partial charge >= 0.3 is 5.97 Å². The second-order valence-corrected chi connectivity index (χ2v) is 4.32. The van der Waals surface area contributed by atoms with Crippen LogP contribution in [0.5, 0.6) is 0 Å². The number of hydrogen-bond donors (Lipinski definition) is 3. The molecule has 0 saturated carbocycles. The van der Waals surface area contributed by atoms with Crippen LogP contribution in [-0.4, -0.2) is 27.0 Å². The highest BCUT2D eigenvalue weighted by Gasteiger charge is 2.13. The average molecular weight is 300 g/mol. The zero-order valence-corrected chi connectivity index (χ0v) is 10.8. The standard InChI is InChI=1S/C11H7Cl2N3O3/c12-6-4-7(16-9(6)13)10(17)15-5-1-2-14-8(3-5)11(18)19/h1-4,16H,(H,18,19)(H,14,15,17). The number of amides is 1. The van der Waals surface area contributed by atoms with Crippen molar-refractivity contribution in [1.82, 2.24) is 9.97 Å². The molecule has 8 heteroatoms. The molecule has 0 atom stereocenters. The maximum absolute atomic E-state index is 11.8. The van der Waals surface area contributed by atoms with E-state index in [-0.39, 0.29) is 21.6 Å². The van der Waals surface area contributed by atoms with Crippen LogP contribution in [0, 0.1) is 0 Å². The first-order valence-electron chi connectivity index (χ1n) is 5.02. The molecular formula is C11H7Cl2N3O3. The summed E-state index contributed by atoms with van der Waals surface area (Å²) in [5, 5.41) is 11.7. The smallest absolute Gasteiger partial charge is 0.354 e. The van der Waals surface area contributed by atoms with Crippen molar-refractivity contribution < 1.29 is 14.7 Å². The summed E-state index contributed by atoms with van der Waals surface area (Å²) >= 11 is 11.4. The molecule has 19 heavy (non-hydrogen) atoms. The molecule has 2 heterocycles. The third kappa shape index (κ3) is 3.04. The first-order valence-corrected chi connectivity index (χ1v) is 5.77. The fourth-order valence-corrected chi connectivity index (χ4v) is 1.66. The Labute approximate surface area is 117 Å². The van der Waals surface area contributed by atoms with E-state index in [1.807, 2.05) is 0 Å². The zero-order chi connectivity index (χ0) is 14.0. The van der Waals surface area contributed by atoms with Crippen molar-refractivity contribution in [3.63, 3.8) is 0 Å². The number of rotatable bonds is 3. The number of carboxylic acid groups (broad SMARTS) is 1. The van der Waals surface area contributed by atoms with Crippen LogP contribution in [0.25, 0.3) is 0 Å². The van der Waals surface area contributed by atoms with Gasteiger partial charge in [0.1, 0.15) is 16.5 Å². The molecule has 98 valence electrons. The van der Waals surface area contributed by atoms with Gasteiger partial charge in [0.2, 0.25) is 0 Å². The van der Waals surface area contributed by atoms with Gasteiger partial charge in [-0.1, -0.05) is 23.2 Å². The summed E-state index contributed by atoms with van der Waals surface area (Å²) in [7, 11) is 0. The molecule has 2 aromatic rings. The van der Waals surface area contributed by atoms with Gasteiger partial charge in [0.15, 0.2) is 0 Å². The van der Waals surface area contributed by atoms with Crippen LogP contribution in [0.1, 0.15) is 21.0 Å². The van der Waals surface area contributed by atoms with Gasteiger partial charge in [0.05, 0.1) is 5.02 Å². The predicted molar refractivity (Wildman–Crippen MR) is 70.0 cm³/mol. The van der Waals surface area contributed by atoms with Crippen LogP contribution in [-0.2, 0) is 0 Å². The Kier molecular flexibility index (Phi) is 3.73. The Morgan fingerprint density at radius 3 is 2.63 bits per heavy atom. The molecule has 0 aromatic carbocycles. The number of carbonyl (C=O) groups excluding carboxylic acids is 1. The van der Waals surface area contributed by atoms with Crippen molar-refractivity contribution in [2.45, 2.75) is 0 Å². The minimum atomic E-state index is -1.18. The molecule has 0 saturated heterocycles. The Balaban J connectivity index is 2.19. The summed E-state index contributed by atoms with van der Waals surface area (Å²) < 4.78 is 0. The van der Waals surface area contributed by atoms with Crippen LogP contribution in [0.4, 0.5) is 5.69 Å². The van der Waals surface area contributed by atoms with E-state index in [4.69, 9.17) is 28.3 Å². The summed E-state index contributed by atoms with van der Waals surface area (Å²) in [6, 6.07) is 4.08. The lowest BCUT2D eigenvalue weighted by Crippen LogP contribution is -2.13.